The van der Waals surface area contributed by atoms with Gasteiger partial charge in [0.2, 0.25) is 0 Å². The van der Waals surface area contributed by atoms with Gasteiger partial charge in [0.1, 0.15) is 6.61 Å². The van der Waals surface area contributed by atoms with Crippen molar-refractivity contribution in [1.29, 1.82) is 0 Å². The summed E-state index contributed by atoms with van der Waals surface area (Å²) in [5, 5.41) is 6.06. The lowest BCUT2D eigenvalue weighted by Gasteiger charge is -2.13. The highest BCUT2D eigenvalue weighted by Gasteiger charge is 2.11. The van der Waals surface area contributed by atoms with Gasteiger partial charge in [-0.05, 0) is 36.2 Å². The van der Waals surface area contributed by atoms with Gasteiger partial charge in [0.05, 0.1) is 5.69 Å². The number of aryl methyl sites for hydroxylation is 1. The van der Waals surface area contributed by atoms with Crippen molar-refractivity contribution >= 4 is 22.3 Å². The fourth-order valence-electron chi connectivity index (χ4n) is 2.60. The molecule has 6 heteroatoms. The van der Waals surface area contributed by atoms with Crippen molar-refractivity contribution in [2.45, 2.75) is 13.5 Å². The van der Waals surface area contributed by atoms with Crippen molar-refractivity contribution in [2.75, 3.05) is 5.32 Å². The first-order chi connectivity index (χ1) is 13.3. The van der Waals surface area contributed by atoms with Crippen LogP contribution in [0.5, 0.6) is 5.75 Å². The van der Waals surface area contributed by atoms with E-state index in [2.05, 4.69) is 20.3 Å². The molecule has 4 rings (SSSR count). The van der Waals surface area contributed by atoms with E-state index in [0.29, 0.717) is 18.2 Å². The molecule has 0 radical (unpaired) electrons. The van der Waals surface area contributed by atoms with E-state index in [0.717, 1.165) is 27.5 Å². The van der Waals surface area contributed by atoms with Crippen molar-refractivity contribution in [2.24, 2.45) is 0 Å². The molecule has 0 spiro atoms. The molecule has 1 aromatic carbocycles. The molecular formula is C21H18N4OS. The van der Waals surface area contributed by atoms with Crippen LogP contribution in [0.3, 0.4) is 0 Å². The Kier molecular flexibility index (Phi) is 5.07. The number of hydrogen-bond donors (Lipinski definition) is 1. The first-order valence-corrected chi connectivity index (χ1v) is 9.42. The summed E-state index contributed by atoms with van der Waals surface area (Å²) in [7, 11) is 0. The number of hydrogen-bond acceptors (Lipinski definition) is 6. The summed E-state index contributed by atoms with van der Waals surface area (Å²) in [4.78, 5) is 13.1. The third kappa shape index (κ3) is 4.30. The quantitative estimate of drug-likeness (QED) is 0.501. The highest BCUT2D eigenvalue weighted by molar-refractivity contribution is 7.13. The summed E-state index contributed by atoms with van der Waals surface area (Å²) < 4.78 is 6.10. The maximum absolute atomic E-state index is 6.10. The summed E-state index contributed by atoms with van der Waals surface area (Å²) in [5.41, 5.74) is 4.09. The Morgan fingerprint density at radius 1 is 1.04 bits per heavy atom. The predicted octanol–water partition coefficient (Wildman–Crippen LogP) is 5.23. The van der Waals surface area contributed by atoms with Gasteiger partial charge in [0.15, 0.2) is 16.7 Å². The van der Waals surface area contributed by atoms with Gasteiger partial charge in [-0.2, -0.15) is 0 Å². The Bertz CT molecular complexity index is 1020. The average molecular weight is 374 g/mol. The van der Waals surface area contributed by atoms with E-state index in [1.807, 2.05) is 67.0 Å². The van der Waals surface area contributed by atoms with E-state index in [-0.39, 0.29) is 0 Å². The molecule has 1 N–H and O–H groups in total. The third-order valence-electron chi connectivity index (χ3n) is 3.95. The molecule has 0 atom stereocenters. The van der Waals surface area contributed by atoms with Crippen LogP contribution in [0.25, 0.3) is 11.1 Å². The fraction of sp³-hybridized carbons (Fsp3) is 0.0952. The van der Waals surface area contributed by atoms with E-state index < -0.39 is 0 Å². The zero-order valence-electron chi connectivity index (χ0n) is 14.8. The lowest BCUT2D eigenvalue weighted by molar-refractivity contribution is 0.307. The van der Waals surface area contributed by atoms with Crippen molar-refractivity contribution in [3.05, 3.63) is 83.8 Å². The molecule has 0 bridgehead atoms. The molecule has 3 heterocycles. The van der Waals surface area contributed by atoms with Crippen LogP contribution in [0.1, 0.15) is 11.3 Å². The monoisotopic (exact) mass is 374 g/mol. The molecule has 4 aromatic rings. The summed E-state index contributed by atoms with van der Waals surface area (Å²) in [6.07, 6.45) is 5.36. The predicted molar refractivity (Wildman–Crippen MR) is 108 cm³/mol. The highest BCUT2D eigenvalue weighted by atomic mass is 32.1. The minimum atomic E-state index is 0.466. The maximum Gasteiger partial charge on any atom is 0.188 e. The zero-order chi connectivity index (χ0) is 18.5. The normalized spacial score (nSPS) is 10.6. The van der Waals surface area contributed by atoms with Gasteiger partial charge in [-0.1, -0.05) is 30.3 Å². The van der Waals surface area contributed by atoms with Gasteiger partial charge in [0, 0.05) is 29.5 Å². The van der Waals surface area contributed by atoms with Gasteiger partial charge in [-0.3, -0.25) is 4.98 Å². The number of benzene rings is 1. The highest BCUT2D eigenvalue weighted by Crippen LogP contribution is 2.32. The smallest absolute Gasteiger partial charge is 0.188 e. The van der Waals surface area contributed by atoms with Gasteiger partial charge in [0.25, 0.3) is 0 Å². The molecule has 0 saturated heterocycles. The molecule has 0 unspecified atom stereocenters. The van der Waals surface area contributed by atoms with E-state index in [1.165, 1.54) is 0 Å². The zero-order valence-corrected chi connectivity index (χ0v) is 15.6. The Balaban J connectivity index is 1.64. The Morgan fingerprint density at radius 2 is 1.85 bits per heavy atom. The molecule has 134 valence electrons. The van der Waals surface area contributed by atoms with Crippen LogP contribution in [0, 0.1) is 6.92 Å². The number of aromatic nitrogens is 3. The van der Waals surface area contributed by atoms with Gasteiger partial charge in [-0.25, -0.2) is 9.97 Å². The molecular weight excluding hydrogens is 356 g/mol. The lowest BCUT2D eigenvalue weighted by atomic mass is 10.1. The minimum Gasteiger partial charge on any atom is -0.485 e. The van der Waals surface area contributed by atoms with E-state index in [4.69, 9.17) is 4.74 Å². The second-order valence-electron chi connectivity index (χ2n) is 6.00. The Labute approximate surface area is 161 Å². The molecule has 5 nitrogen and oxygen atoms in total. The van der Waals surface area contributed by atoms with E-state index in [1.54, 1.807) is 23.7 Å². The van der Waals surface area contributed by atoms with Crippen LogP contribution >= 0.6 is 11.3 Å². The SMILES string of the molecule is Cc1csc(Nc2ncc(-c3ccncc3)cc2OCc2ccccc2)n1. The van der Waals surface area contributed by atoms with Gasteiger partial charge < -0.3 is 10.1 Å². The number of anilines is 2. The fourth-order valence-corrected chi connectivity index (χ4v) is 3.29. The van der Waals surface area contributed by atoms with Crippen molar-refractivity contribution < 1.29 is 4.74 Å². The van der Waals surface area contributed by atoms with Crippen LogP contribution in [0.4, 0.5) is 10.9 Å². The molecule has 3 aromatic heterocycles. The van der Waals surface area contributed by atoms with Gasteiger partial charge in [-0.15, -0.1) is 11.3 Å². The van der Waals surface area contributed by atoms with Crippen LogP contribution in [-0.4, -0.2) is 15.0 Å². The molecule has 0 amide bonds. The maximum atomic E-state index is 6.10. The van der Waals surface area contributed by atoms with E-state index >= 15 is 0 Å². The second kappa shape index (κ2) is 7.97. The summed E-state index contributed by atoms with van der Waals surface area (Å²) in [6, 6.07) is 16.0. The van der Waals surface area contributed by atoms with Crippen LogP contribution < -0.4 is 10.1 Å². The Morgan fingerprint density at radius 3 is 2.59 bits per heavy atom. The molecule has 0 saturated carbocycles. The second-order valence-corrected chi connectivity index (χ2v) is 6.86. The number of nitrogens with one attached hydrogen (secondary N) is 1. The van der Waals surface area contributed by atoms with Crippen molar-refractivity contribution in [3.63, 3.8) is 0 Å². The number of pyridine rings is 2. The van der Waals surface area contributed by atoms with Crippen LogP contribution in [-0.2, 0) is 6.61 Å². The van der Waals surface area contributed by atoms with E-state index in [9.17, 15) is 0 Å². The molecule has 27 heavy (non-hydrogen) atoms. The number of rotatable bonds is 6. The summed E-state index contributed by atoms with van der Waals surface area (Å²) in [6.45, 7) is 2.43. The van der Waals surface area contributed by atoms with Crippen molar-refractivity contribution in [1.82, 2.24) is 15.0 Å². The number of ether oxygens (including phenoxy) is 1. The van der Waals surface area contributed by atoms with Crippen molar-refractivity contribution in [3.8, 4) is 16.9 Å². The first kappa shape index (κ1) is 17.2. The summed E-state index contributed by atoms with van der Waals surface area (Å²) >= 11 is 1.54. The van der Waals surface area contributed by atoms with Crippen LogP contribution in [0.15, 0.2) is 72.5 Å². The number of thiazole rings is 1. The molecule has 0 fully saturated rings. The minimum absolute atomic E-state index is 0.466. The lowest BCUT2D eigenvalue weighted by Crippen LogP contribution is -2.01. The van der Waals surface area contributed by atoms with Gasteiger partial charge >= 0.3 is 0 Å². The largest absolute Gasteiger partial charge is 0.485 e. The first-order valence-electron chi connectivity index (χ1n) is 8.54. The topological polar surface area (TPSA) is 59.9 Å². The third-order valence-corrected chi connectivity index (χ3v) is 4.82. The summed E-state index contributed by atoms with van der Waals surface area (Å²) in [5.74, 6) is 1.33. The van der Waals surface area contributed by atoms with Crippen LogP contribution in [0.2, 0.25) is 0 Å². The number of nitrogens with zero attached hydrogens (tertiary/aromatic N) is 3. The molecule has 0 aliphatic carbocycles. The molecule has 0 aliphatic heterocycles. The average Bonchev–Trinajstić information content (AvgIpc) is 3.13. The Hall–Kier alpha value is -3.25. The standard InChI is InChI=1S/C21H18N4OS/c1-15-14-27-21(24-15)25-20-19(26-13-16-5-3-2-4-6-16)11-18(12-23-20)17-7-9-22-10-8-17/h2-12,14H,13H2,1H3,(H,23,24,25). The molecule has 0 aliphatic rings.